The zero-order chi connectivity index (χ0) is 17.4. The number of amides is 1. The van der Waals surface area contributed by atoms with Crippen LogP contribution in [-0.2, 0) is 17.6 Å². The van der Waals surface area contributed by atoms with Gasteiger partial charge in [-0.1, -0.05) is 17.4 Å². The molecule has 0 radical (unpaired) electrons. The third kappa shape index (κ3) is 3.11. The SMILES string of the molecule is CC(=S)NCC1CN(c2ccc3c(c2)CCCc2cnoc2-3)C(=O)O1. The van der Waals surface area contributed by atoms with Crippen LogP contribution in [0, 0.1) is 0 Å². The average molecular weight is 357 g/mol. The first kappa shape index (κ1) is 16.1. The lowest BCUT2D eigenvalue weighted by Gasteiger charge is -2.16. The van der Waals surface area contributed by atoms with Gasteiger partial charge < -0.3 is 14.6 Å². The first-order chi connectivity index (χ1) is 12.1. The normalized spacial score (nSPS) is 19.0. The number of aromatic nitrogens is 1. The number of rotatable bonds is 3. The lowest BCUT2D eigenvalue weighted by atomic mass is 10.0. The van der Waals surface area contributed by atoms with E-state index in [9.17, 15) is 4.79 Å². The average Bonchev–Trinajstić information content (AvgIpc) is 3.15. The van der Waals surface area contributed by atoms with Crippen LogP contribution >= 0.6 is 12.2 Å². The smallest absolute Gasteiger partial charge is 0.414 e. The number of cyclic esters (lactones) is 1. The predicted octanol–water partition coefficient (Wildman–Crippen LogP) is 3.09. The summed E-state index contributed by atoms with van der Waals surface area (Å²) >= 11 is 5.01. The zero-order valence-electron chi connectivity index (χ0n) is 13.9. The molecule has 1 aliphatic heterocycles. The van der Waals surface area contributed by atoms with E-state index in [1.807, 2.05) is 19.1 Å². The highest BCUT2D eigenvalue weighted by atomic mass is 32.1. The fourth-order valence-corrected chi connectivity index (χ4v) is 3.49. The van der Waals surface area contributed by atoms with Crippen molar-refractivity contribution in [2.75, 3.05) is 18.0 Å². The molecule has 1 aromatic heterocycles. The summed E-state index contributed by atoms with van der Waals surface area (Å²) in [6, 6.07) is 6.02. The van der Waals surface area contributed by atoms with Crippen molar-refractivity contribution in [3.63, 3.8) is 0 Å². The highest BCUT2D eigenvalue weighted by Crippen LogP contribution is 2.35. The van der Waals surface area contributed by atoms with Gasteiger partial charge in [-0.05, 0) is 49.9 Å². The van der Waals surface area contributed by atoms with Crippen LogP contribution in [0.4, 0.5) is 10.5 Å². The molecule has 0 spiro atoms. The van der Waals surface area contributed by atoms with Gasteiger partial charge >= 0.3 is 6.09 Å². The second kappa shape index (κ2) is 6.48. The number of ether oxygens (including phenoxy) is 1. The molecule has 1 amide bonds. The Kier molecular flexibility index (Phi) is 4.17. The van der Waals surface area contributed by atoms with Crippen molar-refractivity contribution < 1.29 is 14.1 Å². The predicted molar refractivity (Wildman–Crippen MR) is 97.9 cm³/mol. The van der Waals surface area contributed by atoms with Gasteiger partial charge in [0.15, 0.2) is 5.76 Å². The van der Waals surface area contributed by atoms with Crippen molar-refractivity contribution >= 4 is 29.0 Å². The summed E-state index contributed by atoms with van der Waals surface area (Å²) in [6.07, 6.45) is 4.22. The maximum Gasteiger partial charge on any atom is 0.414 e. The number of thiocarbonyl (C=S) groups is 1. The van der Waals surface area contributed by atoms with Crippen molar-refractivity contribution in [3.8, 4) is 11.3 Å². The summed E-state index contributed by atoms with van der Waals surface area (Å²) < 4.78 is 10.9. The summed E-state index contributed by atoms with van der Waals surface area (Å²) in [5, 5.41) is 6.98. The minimum absolute atomic E-state index is 0.204. The van der Waals surface area contributed by atoms with Crippen LogP contribution < -0.4 is 10.2 Å². The van der Waals surface area contributed by atoms with Gasteiger partial charge in [-0.3, -0.25) is 4.90 Å². The van der Waals surface area contributed by atoms with E-state index < -0.39 is 0 Å². The Morgan fingerprint density at radius 2 is 2.24 bits per heavy atom. The lowest BCUT2D eigenvalue weighted by Crippen LogP contribution is -2.32. The van der Waals surface area contributed by atoms with Crippen LogP contribution in [0.3, 0.4) is 0 Å². The molecular formula is C18H19N3O3S. The van der Waals surface area contributed by atoms with Gasteiger partial charge in [0.1, 0.15) is 6.10 Å². The molecule has 1 fully saturated rings. The lowest BCUT2D eigenvalue weighted by molar-refractivity contribution is 0.143. The molecule has 1 N–H and O–H groups in total. The minimum atomic E-state index is -0.317. The monoisotopic (exact) mass is 357 g/mol. The van der Waals surface area contributed by atoms with E-state index in [0.717, 1.165) is 41.8 Å². The van der Waals surface area contributed by atoms with Crippen LogP contribution in [-0.4, -0.2) is 35.4 Å². The Morgan fingerprint density at radius 1 is 1.40 bits per heavy atom. The molecule has 1 unspecified atom stereocenters. The van der Waals surface area contributed by atoms with Gasteiger partial charge in [0.05, 0.1) is 24.3 Å². The zero-order valence-corrected chi connectivity index (χ0v) is 14.8. The molecule has 2 heterocycles. The molecule has 6 nitrogen and oxygen atoms in total. The molecule has 130 valence electrons. The Morgan fingerprint density at radius 3 is 3.08 bits per heavy atom. The topological polar surface area (TPSA) is 67.6 Å². The van der Waals surface area contributed by atoms with E-state index in [1.165, 1.54) is 5.56 Å². The van der Waals surface area contributed by atoms with Crippen molar-refractivity contribution in [1.82, 2.24) is 10.5 Å². The number of nitrogens with one attached hydrogen (secondary N) is 1. The van der Waals surface area contributed by atoms with Crippen LogP contribution in [0.1, 0.15) is 24.5 Å². The summed E-state index contributed by atoms with van der Waals surface area (Å²) in [4.78, 5) is 14.6. The number of carbonyl (C=O) groups excluding carboxylic acids is 1. The number of anilines is 1. The summed E-state index contributed by atoms with van der Waals surface area (Å²) in [7, 11) is 0. The fraction of sp³-hybridized carbons (Fsp3) is 0.389. The third-order valence-electron chi connectivity index (χ3n) is 4.63. The van der Waals surface area contributed by atoms with Crippen molar-refractivity contribution in [3.05, 3.63) is 35.5 Å². The second-order valence-electron chi connectivity index (χ2n) is 6.43. The van der Waals surface area contributed by atoms with Gasteiger partial charge in [0.25, 0.3) is 0 Å². The second-order valence-corrected chi connectivity index (χ2v) is 7.04. The highest BCUT2D eigenvalue weighted by molar-refractivity contribution is 7.80. The Bertz CT molecular complexity index is 833. The number of carbonyl (C=O) groups is 1. The molecule has 0 bridgehead atoms. The number of aryl methyl sites for hydroxylation is 2. The summed E-state index contributed by atoms with van der Waals surface area (Å²) in [6.45, 7) is 2.86. The maximum atomic E-state index is 12.2. The van der Waals surface area contributed by atoms with E-state index in [0.29, 0.717) is 18.1 Å². The molecular weight excluding hydrogens is 338 g/mol. The van der Waals surface area contributed by atoms with E-state index in [4.69, 9.17) is 21.5 Å². The van der Waals surface area contributed by atoms with Crippen molar-refractivity contribution in [2.45, 2.75) is 32.3 Å². The van der Waals surface area contributed by atoms with Gasteiger partial charge in [-0.25, -0.2) is 4.79 Å². The van der Waals surface area contributed by atoms with Crippen LogP contribution in [0.5, 0.6) is 0 Å². The van der Waals surface area contributed by atoms with Gasteiger partial charge in [-0.2, -0.15) is 0 Å². The summed E-state index contributed by atoms with van der Waals surface area (Å²) in [5.74, 6) is 0.849. The largest absolute Gasteiger partial charge is 0.442 e. The molecule has 1 aliphatic carbocycles. The molecule has 2 aromatic rings. The van der Waals surface area contributed by atoms with E-state index in [1.54, 1.807) is 11.1 Å². The molecule has 2 aliphatic rings. The highest BCUT2D eigenvalue weighted by Gasteiger charge is 2.32. The van der Waals surface area contributed by atoms with Crippen LogP contribution in [0.15, 0.2) is 28.9 Å². The number of nitrogens with zero attached hydrogens (tertiary/aromatic N) is 2. The Hall–Kier alpha value is -2.41. The van der Waals surface area contributed by atoms with Crippen molar-refractivity contribution in [2.24, 2.45) is 0 Å². The third-order valence-corrected chi connectivity index (χ3v) is 4.78. The fourth-order valence-electron chi connectivity index (χ4n) is 3.40. The first-order valence-electron chi connectivity index (χ1n) is 8.41. The Labute approximate surface area is 151 Å². The quantitative estimate of drug-likeness (QED) is 0.852. The molecule has 0 saturated carbocycles. The van der Waals surface area contributed by atoms with E-state index in [-0.39, 0.29) is 12.2 Å². The molecule has 4 rings (SSSR count). The standard InChI is InChI=1S/C18H19N3O3S/c1-11(25)19-9-15-10-21(18(22)23-15)14-5-6-16-12(7-14)3-2-4-13-8-20-24-17(13)16/h5-8,15H,2-4,9-10H2,1H3,(H,19,25). The van der Waals surface area contributed by atoms with Crippen LogP contribution in [0.25, 0.3) is 11.3 Å². The molecule has 1 aromatic carbocycles. The number of hydrogen-bond donors (Lipinski definition) is 1. The maximum absolute atomic E-state index is 12.2. The van der Waals surface area contributed by atoms with Crippen LogP contribution in [0.2, 0.25) is 0 Å². The van der Waals surface area contributed by atoms with Gasteiger partial charge in [0.2, 0.25) is 0 Å². The summed E-state index contributed by atoms with van der Waals surface area (Å²) in [5.41, 5.74) is 4.25. The number of fused-ring (bicyclic) bond motifs is 3. The molecule has 1 atom stereocenters. The molecule has 1 saturated heterocycles. The first-order valence-corrected chi connectivity index (χ1v) is 8.82. The molecule has 7 heteroatoms. The van der Waals surface area contributed by atoms with E-state index in [2.05, 4.69) is 16.5 Å². The Balaban J connectivity index is 1.58. The molecule has 25 heavy (non-hydrogen) atoms. The minimum Gasteiger partial charge on any atom is -0.442 e. The van der Waals surface area contributed by atoms with Crippen molar-refractivity contribution in [1.29, 1.82) is 0 Å². The number of hydrogen-bond acceptors (Lipinski definition) is 5. The van der Waals surface area contributed by atoms with E-state index >= 15 is 0 Å². The van der Waals surface area contributed by atoms with Gasteiger partial charge in [-0.15, -0.1) is 0 Å². The number of benzene rings is 1. The van der Waals surface area contributed by atoms with Gasteiger partial charge in [0, 0.05) is 16.8 Å².